The maximum absolute atomic E-state index is 12.3. The van der Waals surface area contributed by atoms with Gasteiger partial charge in [-0.25, -0.2) is 4.68 Å². The normalized spacial score (nSPS) is 14.0. The molecule has 2 heterocycles. The fraction of sp³-hybridized carbons (Fsp3) is 0.217. The summed E-state index contributed by atoms with van der Waals surface area (Å²) in [6.45, 7) is 4.26. The Morgan fingerprint density at radius 2 is 1.86 bits per heavy atom. The number of benzene rings is 2. The van der Waals surface area contributed by atoms with Crippen LogP contribution in [0.4, 0.5) is 11.4 Å². The third-order valence-electron chi connectivity index (χ3n) is 4.99. The summed E-state index contributed by atoms with van der Waals surface area (Å²) in [5.74, 6) is -0.149. The summed E-state index contributed by atoms with van der Waals surface area (Å²) < 4.78 is 1.79. The molecule has 5 nitrogen and oxygen atoms in total. The van der Waals surface area contributed by atoms with Crippen molar-refractivity contribution in [1.29, 1.82) is 0 Å². The van der Waals surface area contributed by atoms with Gasteiger partial charge in [0.2, 0.25) is 5.91 Å². The number of aryl methyl sites for hydroxylation is 1. The molecular weight excluding hydrogens is 348 g/mol. The minimum absolute atomic E-state index is 0.149. The van der Waals surface area contributed by atoms with E-state index in [1.54, 1.807) is 23.0 Å². The lowest BCUT2D eigenvalue weighted by Gasteiger charge is -2.19. The van der Waals surface area contributed by atoms with Crippen LogP contribution in [0.2, 0.25) is 0 Å². The Morgan fingerprint density at radius 3 is 2.61 bits per heavy atom. The highest BCUT2D eigenvalue weighted by atomic mass is 16.1. The average Bonchev–Trinajstić information content (AvgIpc) is 3.41. The van der Waals surface area contributed by atoms with Crippen molar-refractivity contribution >= 4 is 23.4 Å². The quantitative estimate of drug-likeness (QED) is 0.674. The van der Waals surface area contributed by atoms with Gasteiger partial charge in [-0.1, -0.05) is 18.2 Å². The van der Waals surface area contributed by atoms with E-state index < -0.39 is 0 Å². The Morgan fingerprint density at radius 1 is 1.07 bits per heavy atom. The minimum Gasteiger partial charge on any atom is -0.372 e. The van der Waals surface area contributed by atoms with Gasteiger partial charge in [-0.15, -0.1) is 0 Å². The summed E-state index contributed by atoms with van der Waals surface area (Å²) >= 11 is 0. The van der Waals surface area contributed by atoms with E-state index in [2.05, 4.69) is 27.4 Å². The summed E-state index contributed by atoms with van der Waals surface area (Å²) in [6, 6.07) is 16.1. The molecule has 1 N–H and O–H groups in total. The van der Waals surface area contributed by atoms with Crippen molar-refractivity contribution in [3.05, 3.63) is 78.1 Å². The first-order valence-corrected chi connectivity index (χ1v) is 9.64. The second-order valence-electron chi connectivity index (χ2n) is 7.07. The van der Waals surface area contributed by atoms with Crippen molar-refractivity contribution in [3.8, 4) is 5.69 Å². The molecule has 0 spiro atoms. The van der Waals surface area contributed by atoms with Gasteiger partial charge in [0, 0.05) is 42.3 Å². The number of rotatable bonds is 5. The molecule has 2 aromatic carbocycles. The molecular formula is C23H24N4O. The van der Waals surface area contributed by atoms with Gasteiger partial charge in [-0.2, -0.15) is 5.10 Å². The molecule has 28 heavy (non-hydrogen) atoms. The number of nitrogens with one attached hydrogen (secondary N) is 1. The van der Waals surface area contributed by atoms with Crippen LogP contribution in [0.25, 0.3) is 11.8 Å². The number of hydrogen-bond acceptors (Lipinski definition) is 3. The van der Waals surface area contributed by atoms with Gasteiger partial charge in [0.15, 0.2) is 0 Å². The number of para-hydroxylation sites is 1. The van der Waals surface area contributed by atoms with Crippen molar-refractivity contribution < 1.29 is 4.79 Å². The summed E-state index contributed by atoms with van der Waals surface area (Å²) in [7, 11) is 0. The van der Waals surface area contributed by atoms with Crippen LogP contribution in [0, 0.1) is 6.92 Å². The molecule has 1 aliphatic heterocycles. The van der Waals surface area contributed by atoms with Crippen molar-refractivity contribution in [3.63, 3.8) is 0 Å². The predicted octanol–water partition coefficient (Wildman–Crippen LogP) is 4.43. The molecule has 1 amide bonds. The second kappa shape index (κ2) is 8.13. The molecule has 0 unspecified atom stereocenters. The van der Waals surface area contributed by atoms with E-state index >= 15 is 0 Å². The van der Waals surface area contributed by atoms with Crippen LogP contribution >= 0.6 is 0 Å². The minimum atomic E-state index is -0.149. The summed E-state index contributed by atoms with van der Waals surface area (Å²) in [5.41, 5.74) is 5.01. The third-order valence-corrected chi connectivity index (χ3v) is 4.99. The zero-order valence-electron chi connectivity index (χ0n) is 16.0. The summed E-state index contributed by atoms with van der Waals surface area (Å²) in [5, 5.41) is 7.30. The zero-order valence-corrected chi connectivity index (χ0v) is 16.0. The van der Waals surface area contributed by atoms with Crippen LogP contribution < -0.4 is 10.2 Å². The largest absolute Gasteiger partial charge is 0.372 e. The maximum atomic E-state index is 12.3. The van der Waals surface area contributed by atoms with E-state index in [0.29, 0.717) is 0 Å². The number of carbonyl (C=O) groups is 1. The Balaban J connectivity index is 1.40. The van der Waals surface area contributed by atoms with Gasteiger partial charge in [-0.05, 0) is 61.7 Å². The van der Waals surface area contributed by atoms with E-state index in [1.807, 2.05) is 49.5 Å². The van der Waals surface area contributed by atoms with E-state index in [9.17, 15) is 4.79 Å². The maximum Gasteiger partial charge on any atom is 0.248 e. The van der Waals surface area contributed by atoms with E-state index in [0.717, 1.165) is 35.6 Å². The second-order valence-corrected chi connectivity index (χ2v) is 7.07. The fourth-order valence-corrected chi connectivity index (χ4v) is 3.45. The first kappa shape index (κ1) is 18.0. The van der Waals surface area contributed by atoms with Gasteiger partial charge < -0.3 is 10.2 Å². The van der Waals surface area contributed by atoms with Crippen molar-refractivity contribution in [1.82, 2.24) is 9.78 Å². The number of anilines is 2. The standard InChI is InChI=1S/C23H24N4O/c1-18-15-21(26-13-5-6-14-26)10-11-22(18)25-23(28)12-9-19-16-24-27(17-19)20-7-3-2-4-8-20/h2-4,7-12,15-17H,5-6,13-14H2,1H3,(H,25,28)/b12-9+. The molecule has 3 aromatic rings. The molecule has 0 bridgehead atoms. The van der Waals surface area contributed by atoms with Crippen LogP contribution in [-0.2, 0) is 4.79 Å². The lowest BCUT2D eigenvalue weighted by molar-refractivity contribution is -0.111. The first-order valence-electron chi connectivity index (χ1n) is 9.64. The number of aromatic nitrogens is 2. The SMILES string of the molecule is Cc1cc(N2CCCC2)ccc1NC(=O)/C=C/c1cnn(-c2ccccc2)c1. The van der Waals surface area contributed by atoms with Crippen LogP contribution in [0.1, 0.15) is 24.0 Å². The van der Waals surface area contributed by atoms with Crippen LogP contribution in [-0.4, -0.2) is 28.8 Å². The Hall–Kier alpha value is -3.34. The van der Waals surface area contributed by atoms with Crippen molar-refractivity contribution in [2.75, 3.05) is 23.3 Å². The zero-order chi connectivity index (χ0) is 19.3. The van der Waals surface area contributed by atoms with Crippen molar-refractivity contribution in [2.24, 2.45) is 0 Å². The van der Waals surface area contributed by atoms with Gasteiger partial charge in [-0.3, -0.25) is 4.79 Å². The third kappa shape index (κ3) is 4.14. The monoisotopic (exact) mass is 372 g/mol. The topological polar surface area (TPSA) is 50.2 Å². The van der Waals surface area contributed by atoms with Crippen molar-refractivity contribution in [2.45, 2.75) is 19.8 Å². The molecule has 0 radical (unpaired) electrons. The molecule has 1 saturated heterocycles. The highest BCUT2D eigenvalue weighted by Gasteiger charge is 2.13. The predicted molar refractivity (Wildman–Crippen MR) is 114 cm³/mol. The first-order chi connectivity index (χ1) is 13.7. The Bertz CT molecular complexity index is 985. The summed E-state index contributed by atoms with van der Waals surface area (Å²) in [4.78, 5) is 14.7. The highest BCUT2D eigenvalue weighted by Crippen LogP contribution is 2.25. The lowest BCUT2D eigenvalue weighted by atomic mass is 10.1. The van der Waals surface area contributed by atoms with Gasteiger partial charge in [0.25, 0.3) is 0 Å². The molecule has 5 heteroatoms. The van der Waals surface area contributed by atoms with E-state index in [-0.39, 0.29) is 5.91 Å². The number of hydrogen-bond donors (Lipinski definition) is 1. The van der Waals surface area contributed by atoms with Gasteiger partial charge in [0.05, 0.1) is 11.9 Å². The van der Waals surface area contributed by atoms with E-state index in [4.69, 9.17) is 0 Å². The number of nitrogens with zero attached hydrogens (tertiary/aromatic N) is 3. The molecule has 1 aromatic heterocycles. The van der Waals surface area contributed by atoms with Crippen LogP contribution in [0.15, 0.2) is 67.0 Å². The molecule has 4 rings (SSSR count). The molecule has 1 aliphatic rings. The molecule has 0 aliphatic carbocycles. The van der Waals surface area contributed by atoms with Crippen LogP contribution in [0.3, 0.4) is 0 Å². The lowest BCUT2D eigenvalue weighted by Crippen LogP contribution is -2.18. The van der Waals surface area contributed by atoms with Crippen LogP contribution in [0.5, 0.6) is 0 Å². The number of amides is 1. The molecule has 142 valence electrons. The van der Waals surface area contributed by atoms with E-state index in [1.165, 1.54) is 18.5 Å². The smallest absolute Gasteiger partial charge is 0.248 e. The molecule has 1 fully saturated rings. The Kier molecular flexibility index (Phi) is 5.24. The summed E-state index contributed by atoms with van der Waals surface area (Å²) in [6.07, 6.45) is 9.46. The highest BCUT2D eigenvalue weighted by molar-refractivity contribution is 6.02. The number of carbonyl (C=O) groups excluding carboxylic acids is 1. The molecule has 0 atom stereocenters. The van der Waals surface area contributed by atoms with Gasteiger partial charge >= 0.3 is 0 Å². The Labute approximate surface area is 165 Å². The fourth-order valence-electron chi connectivity index (χ4n) is 3.45. The molecule has 0 saturated carbocycles. The average molecular weight is 372 g/mol. The van der Waals surface area contributed by atoms with Gasteiger partial charge in [0.1, 0.15) is 0 Å².